The number of nitrogens with one attached hydrogen (secondary N) is 1. The van der Waals surface area contributed by atoms with Gasteiger partial charge in [-0.2, -0.15) is 0 Å². The minimum absolute atomic E-state index is 0.151. The van der Waals surface area contributed by atoms with E-state index in [0.29, 0.717) is 5.56 Å². The van der Waals surface area contributed by atoms with Crippen LogP contribution in [0.3, 0.4) is 0 Å². The average molecular weight is 381 g/mol. The number of aliphatic carboxylic acids is 2. The van der Waals surface area contributed by atoms with E-state index in [2.05, 4.69) is 4.74 Å². The molecule has 1 atom stereocenters. The molecule has 27 heavy (non-hydrogen) atoms. The lowest BCUT2D eigenvalue weighted by atomic mass is 10.2. The Kier molecular flexibility index (Phi) is 8.72. The minimum Gasteiger partial charge on any atom is -0.480 e. The van der Waals surface area contributed by atoms with Gasteiger partial charge in [0.05, 0.1) is 0 Å². The van der Waals surface area contributed by atoms with Crippen molar-refractivity contribution < 1.29 is 48.4 Å². The number of carboxylic acids is 2. The van der Waals surface area contributed by atoms with E-state index in [1.165, 1.54) is 0 Å². The summed E-state index contributed by atoms with van der Waals surface area (Å²) in [6.45, 7) is -2.20. The SMILES string of the molecule is O=C=C(C(=O)OCC(=O)O)[C@@H](NC(=O)OCc1ccccc1)OCC(=O)O. The molecule has 0 fully saturated rings. The summed E-state index contributed by atoms with van der Waals surface area (Å²) >= 11 is 0. The predicted molar refractivity (Wildman–Crippen MR) is 84.9 cm³/mol. The van der Waals surface area contributed by atoms with Crippen LogP contribution in [0.2, 0.25) is 0 Å². The second-order valence-corrected chi connectivity index (χ2v) is 4.78. The normalized spacial score (nSPS) is 10.8. The van der Waals surface area contributed by atoms with Crippen LogP contribution in [0.1, 0.15) is 5.56 Å². The van der Waals surface area contributed by atoms with Crippen LogP contribution >= 0.6 is 0 Å². The topological polar surface area (TPSA) is 166 Å². The molecule has 11 nitrogen and oxygen atoms in total. The molecule has 0 aromatic heterocycles. The third-order valence-electron chi connectivity index (χ3n) is 2.75. The van der Waals surface area contributed by atoms with Gasteiger partial charge in [0.25, 0.3) is 0 Å². The van der Waals surface area contributed by atoms with Crippen molar-refractivity contribution >= 4 is 29.9 Å². The summed E-state index contributed by atoms with van der Waals surface area (Å²) in [5, 5.41) is 19.1. The Balaban J connectivity index is 2.77. The van der Waals surface area contributed by atoms with E-state index in [-0.39, 0.29) is 6.61 Å². The van der Waals surface area contributed by atoms with Crippen molar-refractivity contribution in [1.82, 2.24) is 5.32 Å². The van der Waals surface area contributed by atoms with Crippen LogP contribution in [-0.2, 0) is 40.0 Å². The van der Waals surface area contributed by atoms with Gasteiger partial charge in [0.15, 0.2) is 18.4 Å². The number of hydrogen-bond donors (Lipinski definition) is 3. The van der Waals surface area contributed by atoms with Gasteiger partial charge in [0, 0.05) is 0 Å². The monoisotopic (exact) mass is 381 g/mol. The summed E-state index contributed by atoms with van der Waals surface area (Å²) in [6.07, 6.45) is -3.00. The molecule has 0 bridgehead atoms. The molecule has 1 rings (SSSR count). The molecule has 3 N–H and O–H groups in total. The van der Waals surface area contributed by atoms with Crippen LogP contribution in [0.15, 0.2) is 35.9 Å². The molecule has 1 aromatic carbocycles. The predicted octanol–water partition coefficient (Wildman–Crippen LogP) is -0.274. The summed E-state index contributed by atoms with van der Waals surface area (Å²) in [5.41, 5.74) is -0.322. The molecule has 0 saturated heterocycles. The van der Waals surface area contributed by atoms with Crippen molar-refractivity contribution in [3.05, 3.63) is 41.5 Å². The van der Waals surface area contributed by atoms with Crippen molar-refractivity contribution in [2.45, 2.75) is 12.8 Å². The van der Waals surface area contributed by atoms with Crippen LogP contribution in [0.25, 0.3) is 0 Å². The number of carbonyl (C=O) groups is 4. The molecule has 0 saturated carbocycles. The first kappa shape index (κ1) is 21.4. The van der Waals surface area contributed by atoms with Gasteiger partial charge in [-0.3, -0.25) is 5.32 Å². The number of carbonyl (C=O) groups excluding carboxylic acids is 3. The lowest BCUT2D eigenvalue weighted by Gasteiger charge is -2.18. The van der Waals surface area contributed by atoms with Crippen molar-refractivity contribution in [2.24, 2.45) is 0 Å². The van der Waals surface area contributed by atoms with Gasteiger partial charge in [-0.15, -0.1) is 0 Å². The van der Waals surface area contributed by atoms with Gasteiger partial charge in [0.1, 0.15) is 19.2 Å². The molecular weight excluding hydrogens is 366 g/mol. The van der Waals surface area contributed by atoms with Gasteiger partial charge in [-0.05, 0) is 5.56 Å². The molecule has 0 aliphatic rings. The summed E-state index contributed by atoms with van der Waals surface area (Å²) in [6, 6.07) is 8.52. The molecule has 1 aromatic rings. The van der Waals surface area contributed by atoms with E-state index < -0.39 is 49.0 Å². The Morgan fingerprint density at radius 1 is 1.00 bits per heavy atom. The third-order valence-corrected chi connectivity index (χ3v) is 2.75. The Bertz CT molecular complexity index is 739. The van der Waals surface area contributed by atoms with Crippen LogP contribution in [0.5, 0.6) is 0 Å². The third kappa shape index (κ3) is 8.29. The smallest absolute Gasteiger partial charge is 0.409 e. The highest BCUT2D eigenvalue weighted by molar-refractivity contribution is 5.99. The van der Waals surface area contributed by atoms with E-state index in [0.717, 1.165) is 5.94 Å². The highest BCUT2D eigenvalue weighted by atomic mass is 16.6. The fraction of sp³-hybridized carbons (Fsp3) is 0.250. The zero-order valence-electron chi connectivity index (χ0n) is 13.7. The lowest BCUT2D eigenvalue weighted by molar-refractivity contribution is -0.154. The molecule has 0 aliphatic carbocycles. The fourth-order valence-electron chi connectivity index (χ4n) is 1.63. The maximum Gasteiger partial charge on any atom is 0.409 e. The highest BCUT2D eigenvalue weighted by Gasteiger charge is 2.28. The summed E-state index contributed by atoms with van der Waals surface area (Å²) < 4.78 is 13.9. The first-order valence-corrected chi connectivity index (χ1v) is 7.28. The molecule has 144 valence electrons. The average Bonchev–Trinajstić information content (AvgIpc) is 2.63. The van der Waals surface area contributed by atoms with E-state index in [9.17, 15) is 24.0 Å². The largest absolute Gasteiger partial charge is 0.480 e. The molecular formula is C16H15NO10. The molecule has 0 radical (unpaired) electrons. The number of hydrogen-bond acceptors (Lipinski definition) is 8. The van der Waals surface area contributed by atoms with Gasteiger partial charge in [-0.25, -0.2) is 24.0 Å². The first-order valence-electron chi connectivity index (χ1n) is 7.28. The van der Waals surface area contributed by atoms with Gasteiger partial charge < -0.3 is 24.4 Å². The molecule has 0 aliphatic heterocycles. The van der Waals surface area contributed by atoms with Crippen LogP contribution in [0, 0.1) is 0 Å². The zero-order valence-corrected chi connectivity index (χ0v) is 13.7. The van der Waals surface area contributed by atoms with Crippen LogP contribution in [-0.4, -0.2) is 59.6 Å². The van der Waals surface area contributed by atoms with E-state index in [4.69, 9.17) is 19.7 Å². The maximum absolute atomic E-state index is 11.8. The number of carboxylic acid groups (broad SMARTS) is 2. The second-order valence-electron chi connectivity index (χ2n) is 4.78. The summed E-state index contributed by atoms with van der Waals surface area (Å²) in [5.74, 6) is -3.26. The van der Waals surface area contributed by atoms with Crippen LogP contribution < -0.4 is 5.32 Å². The number of rotatable bonds is 10. The lowest BCUT2D eigenvalue weighted by Crippen LogP contribution is -2.42. The number of benzene rings is 1. The Morgan fingerprint density at radius 2 is 1.63 bits per heavy atom. The zero-order chi connectivity index (χ0) is 20.2. The molecule has 0 unspecified atom stereocenters. The van der Waals surface area contributed by atoms with Gasteiger partial charge in [0.2, 0.25) is 0 Å². The van der Waals surface area contributed by atoms with Crippen LogP contribution in [0.4, 0.5) is 4.79 Å². The Hall–Kier alpha value is -3.69. The quantitative estimate of drug-likeness (QED) is 0.212. The van der Waals surface area contributed by atoms with E-state index in [1.54, 1.807) is 30.3 Å². The van der Waals surface area contributed by atoms with Crippen molar-refractivity contribution in [3.8, 4) is 0 Å². The standard InChI is InChI=1S/C16H15NO10/c18-6-11(15(23)26-9-13(21)22)14(25-8-12(19)20)17-16(24)27-7-10-4-2-1-3-5-10/h1-5,14H,7-9H2,(H,17,24)(H,19,20)(H,21,22)/t14-/m0/s1. The number of alkyl carbamates (subject to hydrolysis) is 1. The molecule has 0 heterocycles. The highest BCUT2D eigenvalue weighted by Crippen LogP contribution is 2.06. The number of ether oxygens (including phenoxy) is 3. The minimum atomic E-state index is -1.87. The summed E-state index contributed by atoms with van der Waals surface area (Å²) in [4.78, 5) is 55.6. The Labute approximate surface area is 152 Å². The molecule has 0 spiro atoms. The second kappa shape index (κ2) is 11.0. The van der Waals surface area contributed by atoms with Crippen molar-refractivity contribution in [1.29, 1.82) is 0 Å². The maximum atomic E-state index is 11.8. The number of esters is 1. The molecule has 1 amide bonds. The first-order chi connectivity index (χ1) is 12.8. The van der Waals surface area contributed by atoms with Gasteiger partial charge in [-0.1, -0.05) is 30.3 Å². The Morgan fingerprint density at radius 3 is 2.19 bits per heavy atom. The summed E-state index contributed by atoms with van der Waals surface area (Å²) in [7, 11) is 0. The van der Waals surface area contributed by atoms with E-state index >= 15 is 0 Å². The fourth-order valence-corrected chi connectivity index (χ4v) is 1.63. The van der Waals surface area contributed by atoms with Crippen molar-refractivity contribution in [2.75, 3.05) is 13.2 Å². The van der Waals surface area contributed by atoms with E-state index in [1.807, 2.05) is 5.32 Å². The number of amides is 1. The van der Waals surface area contributed by atoms with Gasteiger partial charge >= 0.3 is 24.0 Å². The molecule has 11 heteroatoms. The van der Waals surface area contributed by atoms with Crippen molar-refractivity contribution in [3.63, 3.8) is 0 Å².